The minimum Gasteiger partial charge on any atom is -0.497 e. The molecule has 1 aromatic carbocycles. The van der Waals surface area contributed by atoms with Gasteiger partial charge < -0.3 is 15.2 Å². The van der Waals surface area contributed by atoms with Crippen molar-refractivity contribution in [1.29, 1.82) is 0 Å². The Labute approximate surface area is 114 Å². The fraction of sp³-hybridized carbons (Fsp3) is 0.538. The van der Waals surface area contributed by atoms with Crippen LogP contribution in [0.25, 0.3) is 0 Å². The molecule has 0 bridgehead atoms. The van der Waals surface area contributed by atoms with E-state index in [0.29, 0.717) is 25.3 Å². The molecule has 0 aliphatic carbocycles. The molecular weight excluding hydrogens is 266 g/mol. The van der Waals surface area contributed by atoms with Crippen LogP contribution in [0.2, 0.25) is 0 Å². The van der Waals surface area contributed by atoms with Crippen molar-refractivity contribution in [2.75, 3.05) is 26.0 Å². The Morgan fingerprint density at radius 2 is 2.11 bits per heavy atom. The van der Waals surface area contributed by atoms with Crippen molar-refractivity contribution in [1.82, 2.24) is 0 Å². The van der Waals surface area contributed by atoms with Crippen molar-refractivity contribution in [2.45, 2.75) is 24.3 Å². The van der Waals surface area contributed by atoms with Gasteiger partial charge in [0.1, 0.15) is 5.75 Å². The molecule has 0 aliphatic rings. The molecule has 0 fully saturated rings. The maximum absolute atomic E-state index is 12.2. The van der Waals surface area contributed by atoms with Crippen molar-refractivity contribution in [3.8, 4) is 5.75 Å². The standard InChI is InChI=1S/C13H21NO4S/c1-3-18-12(10-14)7-8-19(15,16)13-6-4-5-11(9-13)17-2/h4-6,9,12H,3,7-8,10,14H2,1-2H3. The quantitative estimate of drug-likeness (QED) is 0.778. The highest BCUT2D eigenvalue weighted by molar-refractivity contribution is 7.91. The molecule has 1 rings (SSSR count). The highest BCUT2D eigenvalue weighted by atomic mass is 32.2. The Kier molecular flexibility index (Phi) is 6.27. The first-order valence-corrected chi connectivity index (χ1v) is 7.87. The molecule has 108 valence electrons. The Bertz CT molecular complexity index is 487. The highest BCUT2D eigenvalue weighted by Gasteiger charge is 2.18. The first-order chi connectivity index (χ1) is 9.03. The van der Waals surface area contributed by atoms with E-state index >= 15 is 0 Å². The molecule has 0 heterocycles. The molecule has 0 spiro atoms. The predicted molar refractivity (Wildman–Crippen MR) is 74.1 cm³/mol. The van der Waals surface area contributed by atoms with Gasteiger partial charge in [-0.3, -0.25) is 0 Å². The van der Waals surface area contributed by atoms with E-state index in [-0.39, 0.29) is 16.8 Å². The summed E-state index contributed by atoms with van der Waals surface area (Å²) in [6.45, 7) is 2.71. The number of hydrogen-bond acceptors (Lipinski definition) is 5. The van der Waals surface area contributed by atoms with Gasteiger partial charge in [0.15, 0.2) is 9.84 Å². The van der Waals surface area contributed by atoms with Gasteiger partial charge in [0.2, 0.25) is 0 Å². The lowest BCUT2D eigenvalue weighted by Gasteiger charge is -2.14. The zero-order valence-electron chi connectivity index (χ0n) is 11.3. The van der Waals surface area contributed by atoms with Crippen LogP contribution in [0.15, 0.2) is 29.2 Å². The molecule has 19 heavy (non-hydrogen) atoms. The summed E-state index contributed by atoms with van der Waals surface area (Å²) in [5, 5.41) is 0. The summed E-state index contributed by atoms with van der Waals surface area (Å²) < 4.78 is 34.7. The van der Waals surface area contributed by atoms with Crippen molar-refractivity contribution in [3.63, 3.8) is 0 Å². The SMILES string of the molecule is CCOC(CN)CCS(=O)(=O)c1cccc(OC)c1. The summed E-state index contributed by atoms with van der Waals surface area (Å²) in [4.78, 5) is 0.263. The molecule has 5 nitrogen and oxygen atoms in total. The van der Waals surface area contributed by atoms with Crippen LogP contribution >= 0.6 is 0 Å². The largest absolute Gasteiger partial charge is 0.497 e. The lowest BCUT2D eigenvalue weighted by Crippen LogP contribution is -2.26. The Morgan fingerprint density at radius 1 is 1.37 bits per heavy atom. The lowest BCUT2D eigenvalue weighted by atomic mass is 10.3. The van der Waals surface area contributed by atoms with Crippen LogP contribution in [-0.2, 0) is 14.6 Å². The van der Waals surface area contributed by atoms with E-state index in [9.17, 15) is 8.42 Å². The molecule has 0 radical (unpaired) electrons. The number of rotatable bonds is 8. The third-order valence-electron chi connectivity index (χ3n) is 2.77. The summed E-state index contributed by atoms with van der Waals surface area (Å²) in [5.41, 5.74) is 5.53. The normalized spacial score (nSPS) is 13.2. The summed E-state index contributed by atoms with van der Waals surface area (Å²) >= 11 is 0. The second kappa shape index (κ2) is 7.47. The molecule has 1 atom stereocenters. The molecule has 1 aromatic rings. The fourth-order valence-electron chi connectivity index (χ4n) is 1.70. The molecule has 6 heteroatoms. The van der Waals surface area contributed by atoms with Crippen molar-refractivity contribution >= 4 is 9.84 Å². The number of ether oxygens (including phenoxy) is 2. The van der Waals surface area contributed by atoms with E-state index in [2.05, 4.69) is 0 Å². The minimum atomic E-state index is -3.33. The third kappa shape index (κ3) is 4.81. The number of benzene rings is 1. The number of methoxy groups -OCH3 is 1. The van der Waals surface area contributed by atoms with Crippen LogP contribution in [0, 0.1) is 0 Å². The number of hydrogen-bond donors (Lipinski definition) is 1. The smallest absolute Gasteiger partial charge is 0.178 e. The summed E-state index contributed by atoms with van der Waals surface area (Å²) in [6, 6.07) is 6.46. The van der Waals surface area contributed by atoms with Crippen molar-refractivity contribution < 1.29 is 17.9 Å². The van der Waals surface area contributed by atoms with Crippen molar-refractivity contribution in [3.05, 3.63) is 24.3 Å². The average Bonchev–Trinajstić information content (AvgIpc) is 2.43. The van der Waals surface area contributed by atoms with Gasteiger partial charge in [0.25, 0.3) is 0 Å². The summed E-state index contributed by atoms with van der Waals surface area (Å²) in [6.07, 6.45) is 0.176. The van der Waals surface area contributed by atoms with Gasteiger partial charge >= 0.3 is 0 Å². The summed E-state index contributed by atoms with van der Waals surface area (Å²) in [7, 11) is -1.83. The molecule has 0 saturated carbocycles. The predicted octanol–water partition coefficient (Wildman–Crippen LogP) is 1.22. The van der Waals surface area contributed by atoms with E-state index in [1.165, 1.54) is 13.2 Å². The molecule has 1 unspecified atom stereocenters. The van der Waals surface area contributed by atoms with E-state index < -0.39 is 9.84 Å². The molecular formula is C13H21NO4S. The number of nitrogens with two attached hydrogens (primary N) is 1. The lowest BCUT2D eigenvalue weighted by molar-refractivity contribution is 0.0671. The molecule has 0 amide bonds. The topological polar surface area (TPSA) is 78.6 Å². The zero-order valence-corrected chi connectivity index (χ0v) is 12.2. The van der Waals surface area contributed by atoms with Crippen LogP contribution in [0.5, 0.6) is 5.75 Å². The first kappa shape index (κ1) is 15.9. The Morgan fingerprint density at radius 3 is 2.68 bits per heavy atom. The van der Waals surface area contributed by atoms with E-state index in [1.807, 2.05) is 6.92 Å². The second-order valence-electron chi connectivity index (χ2n) is 4.10. The van der Waals surface area contributed by atoms with Crippen LogP contribution in [0.3, 0.4) is 0 Å². The van der Waals surface area contributed by atoms with E-state index in [4.69, 9.17) is 15.2 Å². The molecule has 0 aliphatic heterocycles. The van der Waals surface area contributed by atoms with Crippen LogP contribution in [0.1, 0.15) is 13.3 Å². The van der Waals surface area contributed by atoms with Crippen molar-refractivity contribution in [2.24, 2.45) is 5.73 Å². The van der Waals surface area contributed by atoms with Crippen LogP contribution in [0.4, 0.5) is 0 Å². The molecule has 0 aromatic heterocycles. The van der Waals surface area contributed by atoms with Crippen LogP contribution in [-0.4, -0.2) is 40.5 Å². The van der Waals surface area contributed by atoms with E-state index in [0.717, 1.165) is 0 Å². The van der Waals surface area contributed by atoms with E-state index in [1.54, 1.807) is 18.2 Å². The highest BCUT2D eigenvalue weighted by Crippen LogP contribution is 2.19. The fourth-order valence-corrected chi connectivity index (χ4v) is 3.09. The number of sulfone groups is 1. The van der Waals surface area contributed by atoms with Gasteiger partial charge in [0.05, 0.1) is 23.9 Å². The summed E-state index contributed by atoms with van der Waals surface area (Å²) in [5.74, 6) is 0.545. The molecule has 2 N–H and O–H groups in total. The first-order valence-electron chi connectivity index (χ1n) is 6.22. The van der Waals surface area contributed by atoms with Gasteiger partial charge in [-0.05, 0) is 31.5 Å². The van der Waals surface area contributed by atoms with Gasteiger partial charge in [-0.1, -0.05) is 6.07 Å². The van der Waals surface area contributed by atoms with Gasteiger partial charge in [-0.2, -0.15) is 0 Å². The zero-order chi connectivity index (χ0) is 14.3. The maximum Gasteiger partial charge on any atom is 0.178 e. The van der Waals surface area contributed by atoms with Gasteiger partial charge in [0, 0.05) is 13.2 Å². The monoisotopic (exact) mass is 287 g/mol. The van der Waals surface area contributed by atoms with Gasteiger partial charge in [-0.25, -0.2) is 8.42 Å². The van der Waals surface area contributed by atoms with Gasteiger partial charge in [-0.15, -0.1) is 0 Å². The Balaban J connectivity index is 2.74. The third-order valence-corrected chi connectivity index (χ3v) is 4.52. The van der Waals surface area contributed by atoms with Crippen LogP contribution < -0.4 is 10.5 Å². The minimum absolute atomic E-state index is 0.0159. The Hall–Kier alpha value is -1.11. The second-order valence-corrected chi connectivity index (χ2v) is 6.21. The molecule has 0 saturated heterocycles. The maximum atomic E-state index is 12.2. The average molecular weight is 287 g/mol.